The Kier molecular flexibility index (Phi) is 3.27. The number of esters is 1. The topological polar surface area (TPSA) is 75.6 Å². The first-order valence-corrected chi connectivity index (χ1v) is 7.74. The summed E-state index contributed by atoms with van der Waals surface area (Å²) < 4.78 is 5.36. The fourth-order valence-electron chi connectivity index (χ4n) is 3.83. The molecule has 0 radical (unpaired) electrons. The number of fused-ring (bicyclic) bond motifs is 1. The van der Waals surface area contributed by atoms with Gasteiger partial charge in [-0.1, -0.05) is 30.3 Å². The molecule has 0 spiro atoms. The van der Waals surface area contributed by atoms with Gasteiger partial charge in [-0.3, -0.25) is 4.79 Å². The molecule has 0 aliphatic carbocycles. The average Bonchev–Trinajstić information content (AvgIpc) is 2.66. The minimum absolute atomic E-state index is 0.273. The second kappa shape index (κ2) is 4.70. The van der Waals surface area contributed by atoms with E-state index in [4.69, 9.17) is 16.3 Å². The SMILES string of the molecule is C[C@](O)(c1ccccc1)[C@@]12NC(=O)[C@H](CCCl)[C@]1(C)OC2=O. The van der Waals surface area contributed by atoms with Gasteiger partial charge in [0.05, 0.1) is 5.92 Å². The number of halogens is 1. The number of alkyl halides is 1. The van der Waals surface area contributed by atoms with Crippen molar-refractivity contribution in [1.82, 2.24) is 5.32 Å². The highest BCUT2D eigenvalue weighted by molar-refractivity contribution is 6.18. The van der Waals surface area contributed by atoms with Gasteiger partial charge in [0, 0.05) is 5.88 Å². The largest absolute Gasteiger partial charge is 0.453 e. The first kappa shape index (κ1) is 15.3. The van der Waals surface area contributed by atoms with Gasteiger partial charge < -0.3 is 15.2 Å². The van der Waals surface area contributed by atoms with Crippen LogP contribution in [0.2, 0.25) is 0 Å². The molecule has 1 amide bonds. The Balaban J connectivity index is 2.11. The van der Waals surface area contributed by atoms with Gasteiger partial charge in [0.25, 0.3) is 0 Å². The number of benzene rings is 1. The predicted molar refractivity (Wildman–Crippen MR) is 80.2 cm³/mol. The van der Waals surface area contributed by atoms with E-state index in [1.807, 2.05) is 6.07 Å². The molecule has 2 aliphatic heterocycles. The van der Waals surface area contributed by atoms with Crippen molar-refractivity contribution in [3.63, 3.8) is 0 Å². The molecule has 0 unspecified atom stereocenters. The molecule has 3 rings (SSSR count). The standard InChI is InChI=1S/C16H18ClNO4/c1-14(21,10-6-4-3-5-7-10)16-13(20)22-15(16,2)11(8-9-17)12(19)18-16/h3-7,11,21H,8-9H2,1-2H3,(H,18,19)/t11-,14-,15-,16+/m0/s1. The van der Waals surface area contributed by atoms with Gasteiger partial charge in [-0.15, -0.1) is 11.6 Å². The van der Waals surface area contributed by atoms with E-state index >= 15 is 0 Å². The Morgan fingerprint density at radius 2 is 2.00 bits per heavy atom. The van der Waals surface area contributed by atoms with E-state index in [1.165, 1.54) is 6.92 Å². The van der Waals surface area contributed by atoms with E-state index in [1.54, 1.807) is 31.2 Å². The molecule has 5 nitrogen and oxygen atoms in total. The Morgan fingerprint density at radius 3 is 2.55 bits per heavy atom. The minimum atomic E-state index is -1.59. The fraction of sp³-hybridized carbons (Fsp3) is 0.500. The van der Waals surface area contributed by atoms with Crippen molar-refractivity contribution in [1.29, 1.82) is 0 Å². The van der Waals surface area contributed by atoms with Crippen LogP contribution in [-0.4, -0.2) is 34.0 Å². The average molecular weight is 324 g/mol. The summed E-state index contributed by atoms with van der Waals surface area (Å²) in [6.45, 7) is 3.21. The van der Waals surface area contributed by atoms with Crippen LogP contribution in [0.1, 0.15) is 25.8 Å². The molecule has 4 atom stereocenters. The van der Waals surface area contributed by atoms with Crippen LogP contribution in [0.25, 0.3) is 0 Å². The highest BCUT2D eigenvalue weighted by Crippen LogP contribution is 2.57. The number of rotatable bonds is 4. The number of nitrogens with one attached hydrogen (secondary N) is 1. The first-order chi connectivity index (χ1) is 10.3. The summed E-state index contributed by atoms with van der Waals surface area (Å²) in [5.74, 6) is -1.23. The third-order valence-corrected chi connectivity index (χ3v) is 5.33. The summed E-state index contributed by atoms with van der Waals surface area (Å²) in [5.41, 5.74) is -3.65. The number of aliphatic hydroxyl groups is 1. The lowest BCUT2D eigenvalue weighted by atomic mass is 9.61. The molecule has 22 heavy (non-hydrogen) atoms. The molecule has 2 aliphatic rings. The smallest absolute Gasteiger partial charge is 0.340 e. The van der Waals surface area contributed by atoms with Crippen LogP contribution in [-0.2, 0) is 19.9 Å². The van der Waals surface area contributed by atoms with Crippen LogP contribution < -0.4 is 5.32 Å². The van der Waals surface area contributed by atoms with Crippen molar-refractivity contribution in [2.24, 2.45) is 5.92 Å². The van der Waals surface area contributed by atoms with Gasteiger partial charge in [-0.25, -0.2) is 4.79 Å². The van der Waals surface area contributed by atoms with Crippen molar-refractivity contribution in [2.75, 3.05) is 5.88 Å². The Labute approximate surface area is 133 Å². The second-order valence-corrected chi connectivity index (χ2v) is 6.58. The monoisotopic (exact) mass is 323 g/mol. The maximum absolute atomic E-state index is 12.3. The van der Waals surface area contributed by atoms with Crippen LogP contribution >= 0.6 is 11.6 Å². The quantitative estimate of drug-likeness (QED) is 0.647. The summed E-state index contributed by atoms with van der Waals surface area (Å²) in [7, 11) is 0. The summed E-state index contributed by atoms with van der Waals surface area (Å²) in [5, 5.41) is 13.9. The summed E-state index contributed by atoms with van der Waals surface area (Å²) in [6.07, 6.45) is 0.379. The van der Waals surface area contributed by atoms with E-state index in [2.05, 4.69) is 5.32 Å². The number of carbonyl (C=O) groups excluding carboxylic acids is 2. The first-order valence-electron chi connectivity index (χ1n) is 7.20. The Hall–Kier alpha value is -1.59. The molecule has 1 aromatic rings. The number of ether oxygens (including phenoxy) is 1. The minimum Gasteiger partial charge on any atom is -0.453 e. The van der Waals surface area contributed by atoms with Crippen LogP contribution in [0, 0.1) is 5.92 Å². The zero-order valence-electron chi connectivity index (χ0n) is 12.4. The molecule has 1 aromatic carbocycles. The number of amides is 1. The highest BCUT2D eigenvalue weighted by Gasteiger charge is 2.82. The molecule has 118 valence electrons. The normalized spacial score (nSPS) is 35.9. The van der Waals surface area contributed by atoms with Gasteiger partial charge in [-0.2, -0.15) is 0 Å². The van der Waals surface area contributed by atoms with Gasteiger partial charge in [0.15, 0.2) is 5.60 Å². The number of hydrogen-bond acceptors (Lipinski definition) is 4. The van der Waals surface area contributed by atoms with E-state index in [9.17, 15) is 14.7 Å². The predicted octanol–water partition coefficient (Wildman–Crippen LogP) is 1.32. The van der Waals surface area contributed by atoms with E-state index in [0.717, 1.165) is 0 Å². The van der Waals surface area contributed by atoms with Crippen LogP contribution in [0.15, 0.2) is 30.3 Å². The molecule has 0 bridgehead atoms. The molecule has 0 aromatic heterocycles. The molecule has 0 saturated carbocycles. The highest BCUT2D eigenvalue weighted by atomic mass is 35.5. The maximum atomic E-state index is 12.3. The van der Waals surface area contributed by atoms with E-state index in [0.29, 0.717) is 12.0 Å². The summed E-state index contributed by atoms with van der Waals surface area (Å²) >= 11 is 5.78. The zero-order chi connectivity index (χ0) is 16.2. The van der Waals surface area contributed by atoms with Crippen molar-refractivity contribution >= 4 is 23.5 Å². The lowest BCUT2D eigenvalue weighted by molar-refractivity contribution is -0.252. The Morgan fingerprint density at radius 1 is 1.36 bits per heavy atom. The lowest BCUT2D eigenvalue weighted by Crippen LogP contribution is -2.81. The molecular formula is C16H18ClNO4. The van der Waals surface area contributed by atoms with Crippen molar-refractivity contribution in [2.45, 2.75) is 37.0 Å². The van der Waals surface area contributed by atoms with Crippen molar-refractivity contribution in [3.8, 4) is 0 Å². The van der Waals surface area contributed by atoms with Crippen molar-refractivity contribution in [3.05, 3.63) is 35.9 Å². The van der Waals surface area contributed by atoms with Gasteiger partial charge in [-0.05, 0) is 25.8 Å². The molecular weight excluding hydrogens is 306 g/mol. The summed E-state index contributed by atoms with van der Waals surface area (Å²) in [6, 6.07) is 8.81. The van der Waals surface area contributed by atoms with Gasteiger partial charge in [0.2, 0.25) is 11.4 Å². The molecule has 6 heteroatoms. The number of hydrogen-bond donors (Lipinski definition) is 2. The zero-order valence-corrected chi connectivity index (χ0v) is 13.2. The lowest BCUT2D eigenvalue weighted by Gasteiger charge is -2.57. The molecule has 2 N–H and O–H groups in total. The second-order valence-electron chi connectivity index (χ2n) is 6.20. The van der Waals surface area contributed by atoms with Crippen LogP contribution in [0.3, 0.4) is 0 Å². The molecule has 2 fully saturated rings. The fourth-order valence-corrected chi connectivity index (χ4v) is 4.05. The third-order valence-electron chi connectivity index (χ3n) is 5.11. The van der Waals surface area contributed by atoms with Crippen LogP contribution in [0.4, 0.5) is 0 Å². The maximum Gasteiger partial charge on any atom is 0.340 e. The molecule has 2 heterocycles. The van der Waals surface area contributed by atoms with Gasteiger partial charge >= 0.3 is 5.97 Å². The van der Waals surface area contributed by atoms with Crippen LogP contribution in [0.5, 0.6) is 0 Å². The third kappa shape index (κ3) is 1.58. The Bertz CT molecular complexity index is 632. The van der Waals surface area contributed by atoms with E-state index < -0.39 is 28.6 Å². The van der Waals surface area contributed by atoms with Crippen molar-refractivity contribution < 1.29 is 19.4 Å². The van der Waals surface area contributed by atoms with E-state index in [-0.39, 0.29) is 11.8 Å². The van der Waals surface area contributed by atoms with Gasteiger partial charge in [0.1, 0.15) is 5.60 Å². The summed E-state index contributed by atoms with van der Waals surface area (Å²) in [4.78, 5) is 24.7. The number of carbonyl (C=O) groups is 2. The molecule has 2 saturated heterocycles.